The van der Waals surface area contributed by atoms with Gasteiger partial charge in [-0.05, 0) is 45.2 Å². The summed E-state index contributed by atoms with van der Waals surface area (Å²) in [5.41, 5.74) is 0. The molecular weight excluding hydrogens is 229 g/mol. The Bertz CT molecular complexity index is 218. The third-order valence-electron chi connectivity index (χ3n) is 3.39. The van der Waals surface area contributed by atoms with Crippen LogP contribution < -0.4 is 5.32 Å². The van der Waals surface area contributed by atoms with Crippen LogP contribution in [0, 0.1) is 5.92 Å². The molecule has 2 atom stereocenters. The van der Waals surface area contributed by atoms with Gasteiger partial charge in [-0.25, -0.2) is 0 Å². The van der Waals surface area contributed by atoms with Crippen LogP contribution in [0.4, 0.5) is 13.2 Å². The minimum atomic E-state index is -4.10. The van der Waals surface area contributed by atoms with Crippen molar-refractivity contribution in [1.82, 2.24) is 10.2 Å². The van der Waals surface area contributed by atoms with Crippen molar-refractivity contribution >= 4 is 0 Å². The fourth-order valence-corrected chi connectivity index (χ4v) is 2.50. The standard InChI is InChI=1S/C12H23F3N2/c1-3-17-6-4-5-11(8-17)7-10(2)16-9-12(13,14)15/h10-11,16H,3-9H2,1-2H3. The number of rotatable bonds is 5. The van der Waals surface area contributed by atoms with Crippen molar-refractivity contribution in [3.8, 4) is 0 Å². The Hall–Kier alpha value is -0.290. The second-order valence-corrected chi connectivity index (χ2v) is 5.03. The highest BCUT2D eigenvalue weighted by Gasteiger charge is 2.28. The average molecular weight is 252 g/mol. The number of hydrogen-bond donors (Lipinski definition) is 1. The molecule has 1 fully saturated rings. The first-order chi connectivity index (χ1) is 7.90. The molecule has 0 aliphatic carbocycles. The molecule has 0 aromatic carbocycles. The number of piperidine rings is 1. The summed E-state index contributed by atoms with van der Waals surface area (Å²) >= 11 is 0. The van der Waals surface area contributed by atoms with Crippen molar-refractivity contribution in [2.24, 2.45) is 5.92 Å². The molecule has 0 spiro atoms. The predicted octanol–water partition coefficient (Wildman–Crippen LogP) is 2.65. The molecule has 2 unspecified atom stereocenters. The summed E-state index contributed by atoms with van der Waals surface area (Å²) in [7, 11) is 0. The summed E-state index contributed by atoms with van der Waals surface area (Å²) in [6, 6.07) is -0.0570. The molecule has 1 N–H and O–H groups in total. The summed E-state index contributed by atoms with van der Waals surface area (Å²) in [6.07, 6.45) is -0.943. The lowest BCUT2D eigenvalue weighted by Crippen LogP contribution is -2.40. The zero-order valence-corrected chi connectivity index (χ0v) is 10.7. The van der Waals surface area contributed by atoms with Gasteiger partial charge in [0.05, 0.1) is 6.54 Å². The first-order valence-corrected chi connectivity index (χ1v) is 6.43. The maximum atomic E-state index is 12.0. The van der Waals surface area contributed by atoms with Crippen molar-refractivity contribution in [2.75, 3.05) is 26.2 Å². The Kier molecular flexibility index (Phi) is 5.73. The van der Waals surface area contributed by atoms with Gasteiger partial charge >= 0.3 is 6.18 Å². The van der Waals surface area contributed by atoms with E-state index in [9.17, 15) is 13.2 Å². The van der Waals surface area contributed by atoms with Crippen LogP contribution in [-0.2, 0) is 0 Å². The average Bonchev–Trinajstić information content (AvgIpc) is 2.26. The van der Waals surface area contributed by atoms with Crippen LogP contribution >= 0.6 is 0 Å². The highest BCUT2D eigenvalue weighted by molar-refractivity contribution is 4.76. The van der Waals surface area contributed by atoms with E-state index in [1.807, 2.05) is 6.92 Å². The van der Waals surface area contributed by atoms with E-state index in [1.165, 1.54) is 6.42 Å². The van der Waals surface area contributed by atoms with E-state index in [-0.39, 0.29) is 6.04 Å². The van der Waals surface area contributed by atoms with Gasteiger partial charge in [-0.3, -0.25) is 0 Å². The highest BCUT2D eigenvalue weighted by Crippen LogP contribution is 2.21. The quantitative estimate of drug-likeness (QED) is 0.809. The maximum absolute atomic E-state index is 12.0. The summed E-state index contributed by atoms with van der Waals surface area (Å²) in [4.78, 5) is 2.38. The first-order valence-electron chi connectivity index (χ1n) is 6.43. The zero-order chi connectivity index (χ0) is 12.9. The van der Waals surface area contributed by atoms with Gasteiger partial charge in [0.1, 0.15) is 0 Å². The Morgan fingerprint density at radius 3 is 2.71 bits per heavy atom. The minimum absolute atomic E-state index is 0.0570. The molecule has 0 radical (unpaired) electrons. The third kappa shape index (κ3) is 6.27. The van der Waals surface area contributed by atoms with E-state index in [0.717, 1.165) is 32.5 Å². The molecule has 5 heteroatoms. The Balaban J connectivity index is 2.23. The van der Waals surface area contributed by atoms with Gasteiger partial charge in [-0.2, -0.15) is 13.2 Å². The molecule has 1 rings (SSSR count). The lowest BCUT2D eigenvalue weighted by Gasteiger charge is -2.33. The number of nitrogens with zero attached hydrogens (tertiary/aromatic N) is 1. The number of likely N-dealkylation sites (tertiary alicyclic amines) is 1. The van der Waals surface area contributed by atoms with E-state index in [4.69, 9.17) is 0 Å². The monoisotopic (exact) mass is 252 g/mol. The number of alkyl halides is 3. The second kappa shape index (κ2) is 6.59. The van der Waals surface area contributed by atoms with Crippen LogP contribution in [0.2, 0.25) is 0 Å². The molecule has 1 heterocycles. The molecule has 0 aromatic rings. The normalized spacial score (nSPS) is 24.9. The number of hydrogen-bond acceptors (Lipinski definition) is 2. The number of halogens is 3. The number of nitrogens with one attached hydrogen (secondary N) is 1. The first kappa shape index (κ1) is 14.8. The van der Waals surface area contributed by atoms with Crippen molar-refractivity contribution < 1.29 is 13.2 Å². The largest absolute Gasteiger partial charge is 0.401 e. The maximum Gasteiger partial charge on any atom is 0.401 e. The van der Waals surface area contributed by atoms with E-state index < -0.39 is 12.7 Å². The van der Waals surface area contributed by atoms with Gasteiger partial charge < -0.3 is 10.2 Å². The molecule has 0 saturated carbocycles. The van der Waals surface area contributed by atoms with Crippen molar-refractivity contribution in [2.45, 2.75) is 45.3 Å². The van der Waals surface area contributed by atoms with Crippen LogP contribution in [0.1, 0.15) is 33.1 Å². The SMILES string of the molecule is CCN1CCCC(CC(C)NCC(F)(F)F)C1. The molecule has 0 aromatic heterocycles. The predicted molar refractivity (Wildman–Crippen MR) is 63.0 cm³/mol. The molecule has 0 bridgehead atoms. The summed E-state index contributed by atoms with van der Waals surface area (Å²) in [5, 5.41) is 2.56. The Morgan fingerprint density at radius 1 is 1.41 bits per heavy atom. The van der Waals surface area contributed by atoms with E-state index >= 15 is 0 Å². The lowest BCUT2D eigenvalue weighted by atomic mass is 9.92. The topological polar surface area (TPSA) is 15.3 Å². The van der Waals surface area contributed by atoms with Gasteiger partial charge in [-0.15, -0.1) is 0 Å². The van der Waals surface area contributed by atoms with Gasteiger partial charge in [0, 0.05) is 12.6 Å². The molecular formula is C12H23F3N2. The Labute approximate surface area is 102 Å². The van der Waals surface area contributed by atoms with Crippen LogP contribution in [-0.4, -0.2) is 43.3 Å². The highest BCUT2D eigenvalue weighted by atomic mass is 19.4. The molecule has 1 saturated heterocycles. The summed E-state index contributed by atoms with van der Waals surface area (Å²) in [5.74, 6) is 0.541. The molecule has 17 heavy (non-hydrogen) atoms. The molecule has 102 valence electrons. The van der Waals surface area contributed by atoms with Crippen LogP contribution in [0.5, 0.6) is 0 Å². The summed E-state index contributed by atoms with van der Waals surface area (Å²) < 4.78 is 36.1. The smallest absolute Gasteiger partial charge is 0.306 e. The molecule has 1 aliphatic rings. The molecule has 1 aliphatic heterocycles. The molecule has 2 nitrogen and oxygen atoms in total. The Morgan fingerprint density at radius 2 is 2.12 bits per heavy atom. The fourth-order valence-electron chi connectivity index (χ4n) is 2.50. The van der Waals surface area contributed by atoms with Crippen molar-refractivity contribution in [3.63, 3.8) is 0 Å². The van der Waals surface area contributed by atoms with E-state index in [2.05, 4.69) is 17.1 Å². The van der Waals surface area contributed by atoms with Gasteiger partial charge in [0.2, 0.25) is 0 Å². The fraction of sp³-hybridized carbons (Fsp3) is 1.00. The van der Waals surface area contributed by atoms with Crippen molar-refractivity contribution in [3.05, 3.63) is 0 Å². The second-order valence-electron chi connectivity index (χ2n) is 5.03. The van der Waals surface area contributed by atoms with E-state index in [1.54, 1.807) is 0 Å². The zero-order valence-electron chi connectivity index (χ0n) is 10.7. The van der Waals surface area contributed by atoms with E-state index in [0.29, 0.717) is 5.92 Å². The minimum Gasteiger partial charge on any atom is -0.306 e. The van der Waals surface area contributed by atoms with Crippen molar-refractivity contribution in [1.29, 1.82) is 0 Å². The molecule has 0 amide bonds. The van der Waals surface area contributed by atoms with Crippen LogP contribution in [0.25, 0.3) is 0 Å². The third-order valence-corrected chi connectivity index (χ3v) is 3.39. The van der Waals surface area contributed by atoms with Gasteiger partial charge in [0.15, 0.2) is 0 Å². The summed E-state index contributed by atoms with van der Waals surface area (Å²) in [6.45, 7) is 6.31. The van der Waals surface area contributed by atoms with Gasteiger partial charge in [-0.1, -0.05) is 6.92 Å². The van der Waals surface area contributed by atoms with Crippen LogP contribution in [0.15, 0.2) is 0 Å². The lowest BCUT2D eigenvalue weighted by molar-refractivity contribution is -0.126. The van der Waals surface area contributed by atoms with Crippen LogP contribution in [0.3, 0.4) is 0 Å². The van der Waals surface area contributed by atoms with Gasteiger partial charge in [0.25, 0.3) is 0 Å².